The number of hydrogen-bond donors (Lipinski definition) is 0. The fourth-order valence-corrected chi connectivity index (χ4v) is 4.98. The first-order valence-electron chi connectivity index (χ1n) is 8.08. The van der Waals surface area contributed by atoms with Gasteiger partial charge in [-0.3, -0.25) is 0 Å². The van der Waals surface area contributed by atoms with E-state index in [1.807, 2.05) is 17.5 Å². The molecule has 3 rings (SSSR count). The molecule has 0 saturated carbocycles. The van der Waals surface area contributed by atoms with Gasteiger partial charge in [0, 0.05) is 21.5 Å². The lowest BCUT2D eigenvalue weighted by atomic mass is 9.95. The van der Waals surface area contributed by atoms with E-state index in [0.717, 1.165) is 27.1 Å². The smallest absolute Gasteiger partial charge is 0.138 e. The average Bonchev–Trinajstić information content (AvgIpc) is 3.21. The highest BCUT2D eigenvalue weighted by Gasteiger charge is 2.15. The number of pyridine rings is 1. The van der Waals surface area contributed by atoms with E-state index in [2.05, 4.69) is 55.6 Å². The van der Waals surface area contributed by atoms with Crippen molar-refractivity contribution in [3.63, 3.8) is 0 Å². The van der Waals surface area contributed by atoms with Gasteiger partial charge in [0.2, 0.25) is 0 Å². The van der Waals surface area contributed by atoms with Crippen LogP contribution in [-0.4, -0.2) is 13.7 Å². The van der Waals surface area contributed by atoms with Crippen molar-refractivity contribution >= 4 is 50.0 Å². The molecule has 0 N–H and O–H groups in total. The number of halogens is 1. The Balaban J connectivity index is 1.83. The molecule has 0 spiro atoms. The Hall–Kier alpha value is -0.850. The molecule has 23 heavy (non-hydrogen) atoms. The monoisotopic (exact) mass is 409 g/mol. The quantitative estimate of drug-likeness (QED) is 0.427. The van der Waals surface area contributed by atoms with E-state index >= 15 is 0 Å². The molecule has 0 radical (unpaired) electrons. The number of thiophene rings is 1. The molecule has 3 heterocycles. The first-order valence-corrected chi connectivity index (χ1v) is 10.4. The van der Waals surface area contributed by atoms with Crippen LogP contribution in [0.5, 0.6) is 0 Å². The van der Waals surface area contributed by atoms with Gasteiger partial charge in [0.15, 0.2) is 0 Å². The Bertz CT molecular complexity index is 781. The van der Waals surface area contributed by atoms with Crippen LogP contribution < -0.4 is 0 Å². The molecule has 0 bridgehead atoms. The summed E-state index contributed by atoms with van der Waals surface area (Å²) in [6.45, 7) is 4.57. The zero-order chi connectivity index (χ0) is 16.2. The lowest BCUT2D eigenvalue weighted by Gasteiger charge is -2.12. The zero-order valence-corrected chi connectivity index (χ0v) is 16.6. The molecule has 0 aliphatic carbocycles. The van der Waals surface area contributed by atoms with Crippen molar-refractivity contribution in [2.45, 2.75) is 46.0 Å². The van der Waals surface area contributed by atoms with Gasteiger partial charge in [-0.2, -0.15) is 8.75 Å². The standard InChI is InChI=1S/C17H20BrN3S2/c1-3-5-6-11(4-2)9-12-7-8-14(22-12)13-10-19-17(18)16-15(13)20-23-21-16/h7-8,10-11H,3-6,9H2,1-2H3. The lowest BCUT2D eigenvalue weighted by molar-refractivity contribution is 0.452. The topological polar surface area (TPSA) is 38.7 Å². The fraction of sp³-hybridized carbons (Fsp3) is 0.471. The molecule has 122 valence electrons. The maximum Gasteiger partial charge on any atom is 0.138 e. The van der Waals surface area contributed by atoms with Crippen molar-refractivity contribution < 1.29 is 0 Å². The van der Waals surface area contributed by atoms with Crippen LogP contribution in [-0.2, 0) is 6.42 Å². The maximum atomic E-state index is 4.45. The van der Waals surface area contributed by atoms with Crippen molar-refractivity contribution in [1.29, 1.82) is 0 Å². The third-order valence-electron chi connectivity index (χ3n) is 4.21. The van der Waals surface area contributed by atoms with Gasteiger partial charge < -0.3 is 0 Å². The third kappa shape index (κ3) is 3.80. The van der Waals surface area contributed by atoms with Gasteiger partial charge in [0.05, 0.1) is 11.7 Å². The first kappa shape index (κ1) is 17.0. The summed E-state index contributed by atoms with van der Waals surface area (Å²) in [5.74, 6) is 0.797. The summed E-state index contributed by atoms with van der Waals surface area (Å²) in [6.07, 6.45) is 8.29. The van der Waals surface area contributed by atoms with E-state index < -0.39 is 0 Å². The van der Waals surface area contributed by atoms with Gasteiger partial charge in [-0.25, -0.2) is 4.98 Å². The van der Waals surface area contributed by atoms with E-state index in [-0.39, 0.29) is 0 Å². The number of rotatable bonds is 7. The Morgan fingerprint density at radius 2 is 2.00 bits per heavy atom. The zero-order valence-electron chi connectivity index (χ0n) is 13.4. The highest BCUT2D eigenvalue weighted by Crippen LogP contribution is 2.35. The summed E-state index contributed by atoms with van der Waals surface area (Å²) in [7, 11) is 0. The Morgan fingerprint density at radius 3 is 2.78 bits per heavy atom. The van der Waals surface area contributed by atoms with Crippen molar-refractivity contribution in [3.05, 3.63) is 27.8 Å². The predicted octanol–water partition coefficient (Wildman–Crippen LogP) is 6.34. The molecule has 0 aliphatic rings. The van der Waals surface area contributed by atoms with Crippen LogP contribution in [0.4, 0.5) is 0 Å². The number of unbranched alkanes of at least 4 members (excludes halogenated alkanes) is 1. The summed E-state index contributed by atoms with van der Waals surface area (Å²) in [5, 5.41) is 0. The van der Waals surface area contributed by atoms with Crippen LogP contribution in [0.1, 0.15) is 44.4 Å². The molecular formula is C17H20BrN3S2. The van der Waals surface area contributed by atoms with Crippen molar-refractivity contribution in [2.24, 2.45) is 5.92 Å². The van der Waals surface area contributed by atoms with E-state index in [0.29, 0.717) is 0 Å². The minimum atomic E-state index is 0.771. The van der Waals surface area contributed by atoms with E-state index in [1.165, 1.54) is 53.6 Å². The second-order valence-corrected chi connectivity index (χ2v) is 8.26. The molecule has 0 aliphatic heterocycles. The first-order chi connectivity index (χ1) is 11.2. The van der Waals surface area contributed by atoms with Gasteiger partial charge in [-0.1, -0.05) is 39.5 Å². The summed E-state index contributed by atoms with van der Waals surface area (Å²) in [6, 6.07) is 4.47. The molecular weight excluding hydrogens is 390 g/mol. The van der Waals surface area contributed by atoms with Gasteiger partial charge in [-0.05, 0) is 40.4 Å². The minimum absolute atomic E-state index is 0.771. The number of aromatic nitrogens is 3. The van der Waals surface area contributed by atoms with Crippen molar-refractivity contribution in [1.82, 2.24) is 13.7 Å². The normalized spacial score (nSPS) is 12.8. The molecule has 0 aromatic carbocycles. The lowest BCUT2D eigenvalue weighted by Crippen LogP contribution is -2.01. The molecule has 6 heteroatoms. The molecule has 0 saturated heterocycles. The minimum Gasteiger partial charge on any atom is -0.246 e. The number of nitrogens with zero attached hydrogens (tertiary/aromatic N) is 3. The summed E-state index contributed by atoms with van der Waals surface area (Å²) >= 11 is 6.56. The number of fused-ring (bicyclic) bond motifs is 1. The maximum absolute atomic E-state index is 4.45. The van der Waals surface area contributed by atoms with Crippen LogP contribution in [0.15, 0.2) is 22.9 Å². The van der Waals surface area contributed by atoms with E-state index in [1.54, 1.807) is 0 Å². The Kier molecular flexibility index (Phi) is 5.77. The fourth-order valence-electron chi connectivity index (χ4n) is 2.78. The highest BCUT2D eigenvalue weighted by atomic mass is 79.9. The van der Waals surface area contributed by atoms with Crippen LogP contribution in [0.25, 0.3) is 21.5 Å². The summed E-state index contributed by atoms with van der Waals surface area (Å²) in [5.41, 5.74) is 2.90. The van der Waals surface area contributed by atoms with Crippen molar-refractivity contribution in [3.8, 4) is 10.4 Å². The summed E-state index contributed by atoms with van der Waals surface area (Å²) in [4.78, 5) is 7.11. The van der Waals surface area contributed by atoms with Gasteiger partial charge in [-0.15, -0.1) is 11.3 Å². The SMILES string of the molecule is CCCCC(CC)Cc1ccc(-c2cnc(Br)c3nsnc23)s1. The van der Waals surface area contributed by atoms with Gasteiger partial charge in [0.1, 0.15) is 15.6 Å². The van der Waals surface area contributed by atoms with Crippen LogP contribution in [0.2, 0.25) is 0 Å². The second-order valence-electron chi connectivity index (χ2n) is 5.81. The van der Waals surface area contributed by atoms with E-state index in [9.17, 15) is 0 Å². The second kappa shape index (κ2) is 7.81. The molecule has 3 aromatic heterocycles. The van der Waals surface area contributed by atoms with Crippen molar-refractivity contribution in [2.75, 3.05) is 0 Å². The average molecular weight is 410 g/mol. The molecule has 3 aromatic rings. The predicted molar refractivity (Wildman–Crippen MR) is 103 cm³/mol. The van der Waals surface area contributed by atoms with Gasteiger partial charge >= 0.3 is 0 Å². The van der Waals surface area contributed by atoms with Crippen LogP contribution >= 0.6 is 39.0 Å². The third-order valence-corrected chi connectivity index (χ3v) is 6.46. The molecule has 1 unspecified atom stereocenters. The largest absolute Gasteiger partial charge is 0.246 e. The molecule has 0 fully saturated rings. The molecule has 0 amide bonds. The van der Waals surface area contributed by atoms with Crippen LogP contribution in [0, 0.1) is 5.92 Å². The van der Waals surface area contributed by atoms with Gasteiger partial charge in [0.25, 0.3) is 0 Å². The summed E-state index contributed by atoms with van der Waals surface area (Å²) < 4.78 is 9.55. The van der Waals surface area contributed by atoms with Crippen LogP contribution in [0.3, 0.4) is 0 Å². The molecule has 3 nitrogen and oxygen atoms in total. The Labute approximate surface area is 153 Å². The molecule has 1 atom stereocenters. The number of hydrogen-bond acceptors (Lipinski definition) is 5. The van der Waals surface area contributed by atoms with E-state index in [4.69, 9.17) is 0 Å². The Morgan fingerprint density at radius 1 is 1.17 bits per heavy atom. The highest BCUT2D eigenvalue weighted by molar-refractivity contribution is 9.10.